The molecule has 0 aliphatic heterocycles. The summed E-state index contributed by atoms with van der Waals surface area (Å²) in [5.74, 6) is 0.672. The third-order valence-corrected chi connectivity index (χ3v) is 2.69. The van der Waals surface area contributed by atoms with Gasteiger partial charge in [-0.25, -0.2) is 0 Å². The summed E-state index contributed by atoms with van der Waals surface area (Å²) < 4.78 is 5.34. The summed E-state index contributed by atoms with van der Waals surface area (Å²) >= 11 is 6.07. The van der Waals surface area contributed by atoms with Gasteiger partial charge in [-0.3, -0.25) is 0 Å². The van der Waals surface area contributed by atoms with E-state index in [0.29, 0.717) is 17.4 Å². The average molecular weight is 239 g/mol. The first-order chi connectivity index (χ1) is 7.60. The lowest BCUT2D eigenvalue weighted by Crippen LogP contribution is -2.26. The van der Waals surface area contributed by atoms with Gasteiger partial charge in [0, 0.05) is 12.7 Å². The smallest absolute Gasteiger partial charge is 0.138 e. The molecule has 0 saturated heterocycles. The number of ether oxygens (including phenoxy) is 1. The fourth-order valence-electron chi connectivity index (χ4n) is 1.29. The van der Waals surface area contributed by atoms with Gasteiger partial charge in [-0.1, -0.05) is 11.6 Å². The number of nitrogens with zero attached hydrogens (tertiary/aromatic N) is 2. The molecule has 1 rings (SSSR count). The second kappa shape index (κ2) is 5.62. The van der Waals surface area contributed by atoms with E-state index in [4.69, 9.17) is 21.6 Å². The van der Waals surface area contributed by atoms with Crippen LogP contribution in [0.2, 0.25) is 5.02 Å². The highest BCUT2D eigenvalue weighted by Gasteiger charge is 2.10. The summed E-state index contributed by atoms with van der Waals surface area (Å²) in [4.78, 5) is 1.86. The van der Waals surface area contributed by atoms with Gasteiger partial charge in [0.1, 0.15) is 11.8 Å². The SMILES string of the molecule is CCOc1ccc(N(C)C(C)C#N)cc1Cl. The van der Waals surface area contributed by atoms with Crippen LogP contribution < -0.4 is 9.64 Å². The van der Waals surface area contributed by atoms with E-state index >= 15 is 0 Å². The highest BCUT2D eigenvalue weighted by molar-refractivity contribution is 6.32. The normalized spacial score (nSPS) is 11.7. The maximum atomic E-state index is 8.83. The number of anilines is 1. The van der Waals surface area contributed by atoms with Crippen molar-refractivity contribution in [2.75, 3.05) is 18.6 Å². The molecule has 4 heteroatoms. The molecule has 0 amide bonds. The first-order valence-electron chi connectivity index (χ1n) is 5.15. The third-order valence-electron chi connectivity index (χ3n) is 2.39. The zero-order valence-electron chi connectivity index (χ0n) is 9.70. The maximum Gasteiger partial charge on any atom is 0.138 e. The van der Waals surface area contributed by atoms with Crippen LogP contribution in [0.3, 0.4) is 0 Å². The average Bonchev–Trinajstić information content (AvgIpc) is 2.30. The Morgan fingerprint density at radius 2 is 2.25 bits per heavy atom. The van der Waals surface area contributed by atoms with Crippen LogP contribution in [0.5, 0.6) is 5.75 Å². The van der Waals surface area contributed by atoms with E-state index in [0.717, 1.165) is 5.69 Å². The Balaban J connectivity index is 2.93. The van der Waals surface area contributed by atoms with Crippen LogP contribution in [-0.4, -0.2) is 19.7 Å². The molecule has 0 aliphatic rings. The van der Waals surface area contributed by atoms with Gasteiger partial charge >= 0.3 is 0 Å². The monoisotopic (exact) mass is 238 g/mol. The molecule has 0 bridgehead atoms. The standard InChI is InChI=1S/C12H15ClN2O/c1-4-16-12-6-5-10(7-11(12)13)15(3)9(2)8-14/h5-7,9H,4H2,1-3H3. The second-order valence-electron chi connectivity index (χ2n) is 3.46. The Kier molecular flexibility index (Phi) is 4.45. The molecule has 0 saturated carbocycles. The summed E-state index contributed by atoms with van der Waals surface area (Å²) in [6.45, 7) is 4.34. The van der Waals surface area contributed by atoms with E-state index in [1.807, 2.05) is 37.9 Å². The molecule has 0 heterocycles. The van der Waals surface area contributed by atoms with Crippen LogP contribution in [0, 0.1) is 11.3 Å². The Bertz CT molecular complexity index is 400. The zero-order chi connectivity index (χ0) is 12.1. The van der Waals surface area contributed by atoms with Gasteiger partial charge in [-0.2, -0.15) is 5.26 Å². The molecule has 86 valence electrons. The lowest BCUT2D eigenvalue weighted by Gasteiger charge is -2.22. The van der Waals surface area contributed by atoms with E-state index in [2.05, 4.69) is 6.07 Å². The van der Waals surface area contributed by atoms with E-state index in [1.165, 1.54) is 0 Å². The number of benzene rings is 1. The van der Waals surface area contributed by atoms with E-state index in [9.17, 15) is 0 Å². The molecule has 1 aromatic carbocycles. The fourth-order valence-corrected chi connectivity index (χ4v) is 1.52. The quantitative estimate of drug-likeness (QED) is 0.809. The lowest BCUT2D eigenvalue weighted by atomic mass is 10.2. The lowest BCUT2D eigenvalue weighted by molar-refractivity contribution is 0.340. The highest BCUT2D eigenvalue weighted by atomic mass is 35.5. The summed E-state index contributed by atoms with van der Waals surface area (Å²) in [5.41, 5.74) is 0.905. The summed E-state index contributed by atoms with van der Waals surface area (Å²) in [6.07, 6.45) is 0. The Hall–Kier alpha value is -1.40. The first-order valence-corrected chi connectivity index (χ1v) is 5.52. The van der Waals surface area contributed by atoms with Gasteiger partial charge in [-0.15, -0.1) is 0 Å². The predicted octanol–water partition coefficient (Wildman–Crippen LogP) is 3.09. The minimum atomic E-state index is -0.186. The van der Waals surface area contributed by atoms with Crippen LogP contribution >= 0.6 is 11.6 Å². The molecule has 0 aliphatic carbocycles. The van der Waals surface area contributed by atoms with E-state index < -0.39 is 0 Å². The van der Waals surface area contributed by atoms with Crippen molar-refractivity contribution < 1.29 is 4.74 Å². The minimum absolute atomic E-state index is 0.186. The fraction of sp³-hybridized carbons (Fsp3) is 0.417. The van der Waals surface area contributed by atoms with Crippen molar-refractivity contribution in [2.45, 2.75) is 19.9 Å². The molecule has 1 atom stereocenters. The van der Waals surface area contributed by atoms with Crippen LogP contribution in [-0.2, 0) is 0 Å². The van der Waals surface area contributed by atoms with E-state index in [-0.39, 0.29) is 6.04 Å². The van der Waals surface area contributed by atoms with Crippen molar-refractivity contribution in [2.24, 2.45) is 0 Å². The van der Waals surface area contributed by atoms with Gasteiger partial charge in [0.25, 0.3) is 0 Å². The van der Waals surface area contributed by atoms with Crippen molar-refractivity contribution in [1.82, 2.24) is 0 Å². The van der Waals surface area contributed by atoms with Crippen LogP contribution in [0.25, 0.3) is 0 Å². The van der Waals surface area contributed by atoms with Crippen LogP contribution in [0.15, 0.2) is 18.2 Å². The van der Waals surface area contributed by atoms with Crippen molar-refractivity contribution in [3.05, 3.63) is 23.2 Å². The second-order valence-corrected chi connectivity index (χ2v) is 3.87. The summed E-state index contributed by atoms with van der Waals surface area (Å²) in [7, 11) is 1.86. The Morgan fingerprint density at radius 1 is 1.56 bits per heavy atom. The largest absolute Gasteiger partial charge is 0.492 e. The highest BCUT2D eigenvalue weighted by Crippen LogP contribution is 2.29. The number of hydrogen-bond donors (Lipinski definition) is 0. The number of halogens is 1. The van der Waals surface area contributed by atoms with Gasteiger partial charge in [0.15, 0.2) is 0 Å². The summed E-state index contributed by atoms with van der Waals surface area (Å²) in [5, 5.41) is 9.39. The molecular weight excluding hydrogens is 224 g/mol. The zero-order valence-corrected chi connectivity index (χ0v) is 10.5. The molecule has 0 aromatic heterocycles. The molecule has 0 radical (unpaired) electrons. The number of rotatable bonds is 4. The first kappa shape index (κ1) is 12.7. The Morgan fingerprint density at radius 3 is 2.75 bits per heavy atom. The number of hydrogen-bond acceptors (Lipinski definition) is 3. The van der Waals surface area contributed by atoms with Crippen molar-refractivity contribution in [1.29, 1.82) is 5.26 Å². The third kappa shape index (κ3) is 2.80. The summed E-state index contributed by atoms with van der Waals surface area (Å²) in [6, 6.07) is 7.51. The molecule has 3 nitrogen and oxygen atoms in total. The van der Waals surface area contributed by atoms with Crippen molar-refractivity contribution in [3.63, 3.8) is 0 Å². The topological polar surface area (TPSA) is 36.3 Å². The molecular formula is C12H15ClN2O. The van der Waals surface area contributed by atoms with Gasteiger partial charge < -0.3 is 9.64 Å². The van der Waals surface area contributed by atoms with Crippen molar-refractivity contribution >= 4 is 17.3 Å². The predicted molar refractivity (Wildman–Crippen MR) is 66.1 cm³/mol. The van der Waals surface area contributed by atoms with Crippen LogP contribution in [0.1, 0.15) is 13.8 Å². The Labute approximate surface area is 101 Å². The molecule has 1 unspecified atom stereocenters. The molecule has 0 N–H and O–H groups in total. The van der Waals surface area contributed by atoms with Gasteiger partial charge in [-0.05, 0) is 32.0 Å². The molecule has 0 fully saturated rings. The maximum absolute atomic E-state index is 8.83. The number of nitriles is 1. The molecule has 16 heavy (non-hydrogen) atoms. The molecule has 1 aromatic rings. The van der Waals surface area contributed by atoms with E-state index in [1.54, 1.807) is 6.07 Å². The van der Waals surface area contributed by atoms with Crippen molar-refractivity contribution in [3.8, 4) is 11.8 Å². The van der Waals surface area contributed by atoms with Gasteiger partial charge in [0.05, 0.1) is 17.7 Å². The van der Waals surface area contributed by atoms with Crippen LogP contribution in [0.4, 0.5) is 5.69 Å². The molecule has 0 spiro atoms. The minimum Gasteiger partial charge on any atom is -0.492 e. The van der Waals surface area contributed by atoms with Gasteiger partial charge in [0.2, 0.25) is 0 Å².